The third-order valence-corrected chi connectivity index (χ3v) is 4.31. The van der Waals surface area contributed by atoms with Gasteiger partial charge in [-0.2, -0.15) is 0 Å². The molecule has 3 aromatic rings. The minimum absolute atomic E-state index is 0.190. The minimum atomic E-state index is -0.190. The lowest BCUT2D eigenvalue weighted by Crippen LogP contribution is -1.96. The number of carbonyl (C=O) groups is 1. The maximum Gasteiger partial charge on any atom is 0.126 e. The van der Waals surface area contributed by atoms with E-state index in [1.165, 1.54) is 0 Å². The third kappa shape index (κ3) is 2.09. The number of allylic oxidation sites excluding steroid dienone is 1. The fourth-order valence-electron chi connectivity index (χ4n) is 3.20. The molecule has 0 amide bonds. The second-order valence-electron chi connectivity index (χ2n) is 5.96. The Morgan fingerprint density at radius 3 is 2.38 bits per heavy atom. The number of hydrogen-bond acceptors (Lipinski definition) is 3. The molecular formula is C21H16N2O. The highest BCUT2D eigenvalue weighted by Crippen LogP contribution is 2.45. The lowest BCUT2D eigenvalue weighted by molar-refractivity contribution is -0.109. The molecule has 0 N–H and O–H groups in total. The van der Waals surface area contributed by atoms with E-state index in [9.17, 15) is 4.79 Å². The summed E-state index contributed by atoms with van der Waals surface area (Å²) >= 11 is 0. The van der Waals surface area contributed by atoms with E-state index in [-0.39, 0.29) is 5.92 Å². The number of aldehydes is 1. The molecule has 3 heteroatoms. The number of hydrogen-bond donors (Lipinski definition) is 0. The van der Waals surface area contributed by atoms with Gasteiger partial charge < -0.3 is 4.79 Å². The van der Waals surface area contributed by atoms with E-state index in [1.807, 2.05) is 55.5 Å². The predicted octanol–water partition coefficient (Wildman–Crippen LogP) is 4.52. The number of fused-ring (bicyclic) bond motifs is 4. The van der Waals surface area contributed by atoms with Crippen LogP contribution in [-0.4, -0.2) is 16.3 Å². The molecule has 0 fully saturated rings. The van der Waals surface area contributed by atoms with Gasteiger partial charge >= 0.3 is 0 Å². The average molecular weight is 312 g/mol. The number of rotatable bonds is 3. The van der Waals surface area contributed by atoms with Crippen molar-refractivity contribution in [3.63, 3.8) is 0 Å². The number of carbonyl (C=O) groups excluding carboxylic acids is 1. The summed E-state index contributed by atoms with van der Waals surface area (Å²) in [6, 6.07) is 13.9. The van der Waals surface area contributed by atoms with Crippen LogP contribution in [0.25, 0.3) is 33.9 Å². The van der Waals surface area contributed by atoms with E-state index >= 15 is 0 Å². The van der Waals surface area contributed by atoms with Crippen molar-refractivity contribution in [1.29, 1.82) is 0 Å². The largest absolute Gasteiger partial charge is 0.303 e. The van der Waals surface area contributed by atoms with Crippen LogP contribution in [0, 0.1) is 5.92 Å². The van der Waals surface area contributed by atoms with Crippen LogP contribution in [0.3, 0.4) is 0 Å². The van der Waals surface area contributed by atoms with Gasteiger partial charge in [0.25, 0.3) is 0 Å². The molecule has 1 aromatic heterocycles. The van der Waals surface area contributed by atoms with Crippen LogP contribution in [0.2, 0.25) is 0 Å². The molecule has 0 bridgehead atoms. The summed E-state index contributed by atoms with van der Waals surface area (Å²) in [4.78, 5) is 20.8. The molecule has 2 aromatic carbocycles. The summed E-state index contributed by atoms with van der Waals surface area (Å²) in [5.74, 6) is -0.190. The topological polar surface area (TPSA) is 42.9 Å². The summed E-state index contributed by atoms with van der Waals surface area (Å²) in [6.07, 6.45) is 4.74. The van der Waals surface area contributed by atoms with Crippen LogP contribution < -0.4 is 0 Å². The molecule has 0 aliphatic heterocycles. The first-order valence-corrected chi connectivity index (χ1v) is 7.93. The molecule has 24 heavy (non-hydrogen) atoms. The minimum Gasteiger partial charge on any atom is -0.303 e. The third-order valence-electron chi connectivity index (χ3n) is 4.31. The van der Waals surface area contributed by atoms with E-state index < -0.39 is 0 Å². The summed E-state index contributed by atoms with van der Waals surface area (Å²) < 4.78 is 0. The number of aromatic nitrogens is 2. The SMILES string of the molecule is C=Cc1cccc2c1/C(=C\C(C)C=O)c1nc3ccccc3nc1-2. The standard InChI is InChI=1S/C21H16N2O/c1-3-14-7-6-8-15-19(14)16(11-13(2)12-24)21-20(15)22-17-9-4-5-10-18(17)23-21/h3-13H,1H2,2H3/b16-11+. The van der Waals surface area contributed by atoms with E-state index in [0.717, 1.165) is 51.0 Å². The van der Waals surface area contributed by atoms with E-state index in [4.69, 9.17) is 9.97 Å². The fourth-order valence-corrected chi connectivity index (χ4v) is 3.20. The molecule has 116 valence electrons. The zero-order valence-electron chi connectivity index (χ0n) is 13.4. The van der Waals surface area contributed by atoms with E-state index in [0.29, 0.717) is 0 Å². The smallest absolute Gasteiger partial charge is 0.126 e. The van der Waals surface area contributed by atoms with E-state index in [1.54, 1.807) is 0 Å². The maximum atomic E-state index is 11.2. The second-order valence-corrected chi connectivity index (χ2v) is 5.96. The summed E-state index contributed by atoms with van der Waals surface area (Å²) in [5.41, 5.74) is 7.54. The Morgan fingerprint density at radius 2 is 1.71 bits per heavy atom. The van der Waals surface area contributed by atoms with Crippen LogP contribution in [0.5, 0.6) is 0 Å². The Morgan fingerprint density at radius 1 is 1.00 bits per heavy atom. The summed E-state index contributed by atoms with van der Waals surface area (Å²) in [7, 11) is 0. The second kappa shape index (κ2) is 5.53. The molecule has 0 spiro atoms. The van der Waals surface area contributed by atoms with Crippen molar-refractivity contribution in [1.82, 2.24) is 9.97 Å². The summed E-state index contributed by atoms with van der Waals surface area (Å²) in [6.45, 7) is 5.80. The predicted molar refractivity (Wildman–Crippen MR) is 97.4 cm³/mol. The highest BCUT2D eigenvalue weighted by molar-refractivity contribution is 6.03. The van der Waals surface area contributed by atoms with Gasteiger partial charge in [-0.15, -0.1) is 0 Å². The molecule has 4 rings (SSSR count). The Labute approximate surface area is 140 Å². The zero-order valence-corrected chi connectivity index (χ0v) is 13.4. The molecular weight excluding hydrogens is 296 g/mol. The molecule has 1 aliphatic carbocycles. The van der Waals surface area contributed by atoms with E-state index in [2.05, 4.69) is 12.6 Å². The molecule has 1 heterocycles. The van der Waals surface area contributed by atoms with Crippen LogP contribution in [0.15, 0.2) is 55.1 Å². The van der Waals surface area contributed by atoms with Crippen LogP contribution in [0.1, 0.15) is 23.7 Å². The van der Waals surface area contributed by atoms with Gasteiger partial charge in [0.15, 0.2) is 0 Å². The fraction of sp³-hybridized carbons (Fsp3) is 0.0952. The van der Waals surface area contributed by atoms with Gasteiger partial charge in [-0.3, -0.25) is 0 Å². The molecule has 3 nitrogen and oxygen atoms in total. The van der Waals surface area contributed by atoms with Gasteiger partial charge in [0.05, 0.1) is 22.4 Å². The summed E-state index contributed by atoms with van der Waals surface area (Å²) in [5, 5.41) is 0. The number of para-hydroxylation sites is 2. The quantitative estimate of drug-likeness (QED) is 0.522. The van der Waals surface area contributed by atoms with Gasteiger partial charge in [0.2, 0.25) is 0 Å². The number of nitrogens with zero attached hydrogens (tertiary/aromatic N) is 2. The van der Waals surface area contributed by atoms with Crippen LogP contribution in [0.4, 0.5) is 0 Å². The first-order chi connectivity index (χ1) is 11.7. The van der Waals surface area contributed by atoms with Gasteiger partial charge in [-0.05, 0) is 17.7 Å². The maximum absolute atomic E-state index is 11.2. The molecule has 0 saturated heterocycles. The van der Waals surface area contributed by atoms with Crippen molar-refractivity contribution < 1.29 is 4.79 Å². The zero-order chi connectivity index (χ0) is 16.7. The van der Waals surface area contributed by atoms with Gasteiger partial charge in [-0.1, -0.05) is 56.0 Å². The first kappa shape index (κ1) is 14.5. The highest BCUT2D eigenvalue weighted by Gasteiger charge is 2.28. The van der Waals surface area contributed by atoms with Crippen molar-refractivity contribution in [2.24, 2.45) is 5.92 Å². The number of benzene rings is 2. The molecule has 1 unspecified atom stereocenters. The lowest BCUT2D eigenvalue weighted by atomic mass is 9.97. The normalized spacial score (nSPS) is 15.1. The molecule has 0 radical (unpaired) electrons. The average Bonchev–Trinajstić information content (AvgIpc) is 2.93. The van der Waals surface area contributed by atoms with Gasteiger partial charge in [0, 0.05) is 22.6 Å². The van der Waals surface area contributed by atoms with Crippen LogP contribution >= 0.6 is 0 Å². The van der Waals surface area contributed by atoms with Crippen molar-refractivity contribution in [3.05, 3.63) is 71.9 Å². The highest BCUT2D eigenvalue weighted by atomic mass is 16.1. The Kier molecular flexibility index (Phi) is 3.35. The molecule has 1 aliphatic rings. The molecule has 1 atom stereocenters. The Bertz CT molecular complexity index is 1020. The van der Waals surface area contributed by atoms with Crippen LogP contribution in [-0.2, 0) is 4.79 Å². The van der Waals surface area contributed by atoms with Gasteiger partial charge in [0.1, 0.15) is 6.29 Å². The Balaban J connectivity index is 2.10. The van der Waals surface area contributed by atoms with Crippen molar-refractivity contribution >= 4 is 29.0 Å². The van der Waals surface area contributed by atoms with Gasteiger partial charge in [-0.25, -0.2) is 9.97 Å². The monoisotopic (exact) mass is 312 g/mol. The first-order valence-electron chi connectivity index (χ1n) is 7.93. The van der Waals surface area contributed by atoms with Crippen molar-refractivity contribution in [2.45, 2.75) is 6.92 Å². The van der Waals surface area contributed by atoms with Crippen molar-refractivity contribution in [3.8, 4) is 11.3 Å². The van der Waals surface area contributed by atoms with Crippen molar-refractivity contribution in [2.75, 3.05) is 0 Å². The Hall–Kier alpha value is -3.07. The molecule has 0 saturated carbocycles. The lowest BCUT2D eigenvalue weighted by Gasteiger charge is -2.07.